The molecule has 2 rings (SSSR count). The number of carbonyl (C=O) groups is 1. The Bertz CT molecular complexity index is 934. The third-order valence-electron chi connectivity index (χ3n) is 2.89. The molecule has 2 aromatic rings. The molecule has 0 aliphatic rings. The number of rotatable bonds is 4. The standard InChI is InChI=1S/C13H12Cl3N5O4S/c1-7-5-3-4-6-8(7)26(23,24)21-11(22)19-10-17-9(13(14,15)16)18-12(20-10)25-2/h3-6H,1-2H3,(H2,17,18,19,20,21,22). The molecule has 0 fully saturated rings. The molecule has 0 radical (unpaired) electrons. The van der Waals surface area contributed by atoms with Gasteiger partial charge in [-0.25, -0.2) is 17.9 Å². The van der Waals surface area contributed by atoms with Gasteiger partial charge in [0.2, 0.25) is 9.74 Å². The molecule has 0 atom stereocenters. The van der Waals surface area contributed by atoms with E-state index in [9.17, 15) is 13.2 Å². The van der Waals surface area contributed by atoms with E-state index in [0.29, 0.717) is 5.56 Å². The summed E-state index contributed by atoms with van der Waals surface area (Å²) in [6.07, 6.45) is 0. The van der Waals surface area contributed by atoms with E-state index in [1.165, 1.54) is 19.2 Å². The van der Waals surface area contributed by atoms with Crippen LogP contribution in [0.5, 0.6) is 6.01 Å². The van der Waals surface area contributed by atoms with Gasteiger partial charge in [0.15, 0.2) is 5.82 Å². The van der Waals surface area contributed by atoms with Gasteiger partial charge < -0.3 is 4.74 Å². The summed E-state index contributed by atoms with van der Waals surface area (Å²) in [5.41, 5.74) is 0.466. The van der Waals surface area contributed by atoms with Crippen molar-refractivity contribution in [1.29, 1.82) is 0 Å². The number of nitrogens with one attached hydrogen (secondary N) is 2. The van der Waals surface area contributed by atoms with Crippen molar-refractivity contribution in [3.05, 3.63) is 35.7 Å². The number of nitrogens with zero attached hydrogens (tertiary/aromatic N) is 3. The van der Waals surface area contributed by atoms with Gasteiger partial charge in [-0.1, -0.05) is 53.0 Å². The normalized spacial score (nSPS) is 11.7. The van der Waals surface area contributed by atoms with Gasteiger partial charge in [0.25, 0.3) is 10.0 Å². The minimum absolute atomic E-state index is 0.0506. The number of ether oxygens (including phenoxy) is 1. The molecule has 2 N–H and O–H groups in total. The monoisotopic (exact) mass is 439 g/mol. The average molecular weight is 441 g/mol. The lowest BCUT2D eigenvalue weighted by molar-refractivity contribution is 0.256. The Labute approximate surface area is 164 Å². The molecule has 0 aliphatic carbocycles. The Hall–Kier alpha value is -1.88. The molecule has 1 aromatic heterocycles. The predicted octanol–water partition coefficient (Wildman–Crippen LogP) is 2.53. The lowest BCUT2D eigenvalue weighted by Gasteiger charge is -2.13. The van der Waals surface area contributed by atoms with Crippen LogP contribution in [0.2, 0.25) is 0 Å². The molecule has 9 nitrogen and oxygen atoms in total. The highest BCUT2D eigenvalue weighted by Crippen LogP contribution is 2.36. The first-order valence-corrected chi connectivity index (χ1v) is 9.41. The molecule has 0 spiro atoms. The second-order valence-corrected chi connectivity index (χ2v) is 8.72. The maximum atomic E-state index is 12.3. The van der Waals surface area contributed by atoms with Crippen molar-refractivity contribution in [2.24, 2.45) is 0 Å². The summed E-state index contributed by atoms with van der Waals surface area (Å²) in [5.74, 6) is -0.679. The maximum absolute atomic E-state index is 12.3. The second kappa shape index (κ2) is 7.78. The fraction of sp³-hybridized carbons (Fsp3) is 0.231. The highest BCUT2D eigenvalue weighted by atomic mass is 35.6. The van der Waals surface area contributed by atoms with Crippen molar-refractivity contribution in [2.45, 2.75) is 15.6 Å². The number of amides is 2. The van der Waals surface area contributed by atoms with Crippen LogP contribution < -0.4 is 14.8 Å². The van der Waals surface area contributed by atoms with Crippen molar-refractivity contribution in [3.8, 4) is 6.01 Å². The summed E-state index contributed by atoms with van der Waals surface area (Å²) in [5, 5.41) is 2.13. The smallest absolute Gasteiger partial charge is 0.335 e. The first-order valence-electron chi connectivity index (χ1n) is 6.79. The van der Waals surface area contributed by atoms with Crippen molar-refractivity contribution >= 4 is 56.8 Å². The summed E-state index contributed by atoms with van der Waals surface area (Å²) in [6, 6.07) is 4.80. The molecule has 140 valence electrons. The van der Waals surface area contributed by atoms with Crippen LogP contribution in [0.1, 0.15) is 11.4 Å². The number of hydrogen-bond acceptors (Lipinski definition) is 7. The van der Waals surface area contributed by atoms with Crippen molar-refractivity contribution in [2.75, 3.05) is 12.4 Å². The first kappa shape index (κ1) is 20.4. The van der Waals surface area contributed by atoms with Crippen LogP contribution in [0.3, 0.4) is 0 Å². The molecule has 0 saturated carbocycles. The fourth-order valence-electron chi connectivity index (χ4n) is 1.79. The summed E-state index contributed by atoms with van der Waals surface area (Å²) in [4.78, 5) is 23.2. The topological polar surface area (TPSA) is 123 Å². The molecular formula is C13H12Cl3N5O4S. The first-order chi connectivity index (χ1) is 12.0. The summed E-state index contributed by atoms with van der Waals surface area (Å²) < 4.78 is 29.2. The van der Waals surface area contributed by atoms with E-state index < -0.39 is 19.8 Å². The number of sulfonamides is 1. The minimum Gasteiger partial charge on any atom is -0.467 e. The zero-order chi connectivity index (χ0) is 19.5. The number of alkyl halides is 3. The number of halogens is 3. The molecule has 2 amide bonds. The summed E-state index contributed by atoms with van der Waals surface area (Å²) in [7, 11) is -2.85. The number of hydrogen-bond donors (Lipinski definition) is 2. The SMILES string of the molecule is COc1nc(NC(=O)NS(=O)(=O)c2ccccc2C)nc(C(Cl)(Cl)Cl)n1. The molecule has 26 heavy (non-hydrogen) atoms. The van der Waals surface area contributed by atoms with Gasteiger partial charge in [-0.05, 0) is 18.6 Å². The van der Waals surface area contributed by atoms with Gasteiger partial charge in [-0.2, -0.15) is 15.0 Å². The quantitative estimate of drug-likeness (QED) is 0.700. The summed E-state index contributed by atoms with van der Waals surface area (Å²) >= 11 is 17.1. The summed E-state index contributed by atoms with van der Waals surface area (Å²) in [6.45, 7) is 1.59. The number of aromatic nitrogens is 3. The van der Waals surface area contributed by atoms with Gasteiger partial charge in [-0.15, -0.1) is 0 Å². The van der Waals surface area contributed by atoms with E-state index in [2.05, 4.69) is 20.3 Å². The Morgan fingerprint density at radius 3 is 2.38 bits per heavy atom. The Balaban J connectivity index is 2.24. The molecule has 0 unspecified atom stereocenters. The third-order valence-corrected chi connectivity index (χ3v) is 4.88. The van der Waals surface area contributed by atoms with Gasteiger partial charge in [0.05, 0.1) is 12.0 Å². The maximum Gasteiger partial charge on any atom is 0.335 e. The lowest BCUT2D eigenvalue weighted by Crippen LogP contribution is -2.35. The number of aryl methyl sites for hydroxylation is 1. The van der Waals surface area contributed by atoms with E-state index in [4.69, 9.17) is 39.5 Å². The van der Waals surface area contributed by atoms with Gasteiger partial charge in [0.1, 0.15) is 0 Å². The van der Waals surface area contributed by atoms with Gasteiger partial charge in [0, 0.05) is 0 Å². The second-order valence-electron chi connectivity index (χ2n) is 4.79. The minimum atomic E-state index is -4.11. The lowest BCUT2D eigenvalue weighted by atomic mass is 10.2. The van der Waals surface area contributed by atoms with Crippen LogP contribution in [0, 0.1) is 6.92 Å². The number of urea groups is 1. The molecule has 1 aromatic carbocycles. The largest absolute Gasteiger partial charge is 0.467 e. The fourth-order valence-corrected chi connectivity index (χ4v) is 3.20. The highest BCUT2D eigenvalue weighted by Gasteiger charge is 2.29. The highest BCUT2D eigenvalue weighted by molar-refractivity contribution is 7.90. The number of methoxy groups -OCH3 is 1. The van der Waals surface area contributed by atoms with Crippen molar-refractivity contribution in [1.82, 2.24) is 19.7 Å². The molecule has 0 aliphatic heterocycles. The number of anilines is 1. The van der Waals surface area contributed by atoms with Crippen LogP contribution in [0.15, 0.2) is 29.2 Å². The van der Waals surface area contributed by atoms with Crippen LogP contribution in [0.25, 0.3) is 0 Å². The Kier molecular flexibility index (Phi) is 6.12. The van der Waals surface area contributed by atoms with E-state index in [1.54, 1.807) is 19.1 Å². The van der Waals surface area contributed by atoms with Crippen molar-refractivity contribution in [3.63, 3.8) is 0 Å². The Morgan fingerprint density at radius 2 is 1.81 bits per heavy atom. The Morgan fingerprint density at radius 1 is 1.15 bits per heavy atom. The molecule has 13 heteroatoms. The zero-order valence-corrected chi connectivity index (χ0v) is 16.4. The van der Waals surface area contributed by atoms with Gasteiger partial charge in [-0.3, -0.25) is 5.32 Å². The van der Waals surface area contributed by atoms with E-state index >= 15 is 0 Å². The molecule has 0 bridgehead atoms. The van der Waals surface area contributed by atoms with Crippen LogP contribution >= 0.6 is 34.8 Å². The van der Waals surface area contributed by atoms with E-state index in [1.807, 2.05) is 4.72 Å². The third kappa shape index (κ3) is 5.07. The molecular weight excluding hydrogens is 429 g/mol. The van der Waals surface area contributed by atoms with Crippen LogP contribution in [-0.2, 0) is 13.8 Å². The van der Waals surface area contributed by atoms with Crippen molar-refractivity contribution < 1.29 is 17.9 Å². The zero-order valence-electron chi connectivity index (χ0n) is 13.3. The predicted molar refractivity (Wildman–Crippen MR) is 96.1 cm³/mol. The van der Waals surface area contributed by atoms with Crippen LogP contribution in [0.4, 0.5) is 10.7 Å². The van der Waals surface area contributed by atoms with Gasteiger partial charge >= 0.3 is 12.0 Å². The molecule has 1 heterocycles. The van der Waals surface area contributed by atoms with Crippen LogP contribution in [-0.4, -0.2) is 36.5 Å². The number of carbonyl (C=O) groups excluding carboxylic acids is 1. The van der Waals surface area contributed by atoms with E-state index in [-0.39, 0.29) is 22.7 Å². The van der Waals surface area contributed by atoms with E-state index in [0.717, 1.165) is 0 Å². The molecule has 0 saturated heterocycles. The number of benzene rings is 1. The average Bonchev–Trinajstić information content (AvgIpc) is 2.53.